The second-order valence-electron chi connectivity index (χ2n) is 8.16. The number of ether oxygens (including phenoxy) is 1. The summed E-state index contributed by atoms with van der Waals surface area (Å²) in [5.41, 5.74) is 1.29. The number of amides is 3. The molecular formula is C23H22N4O5. The first-order chi connectivity index (χ1) is 15.3. The summed E-state index contributed by atoms with van der Waals surface area (Å²) in [6, 6.07) is 10.1. The first-order valence-corrected chi connectivity index (χ1v) is 10.3. The number of fused-ring (bicyclic) bond motifs is 2. The van der Waals surface area contributed by atoms with Gasteiger partial charge in [-0.15, -0.1) is 0 Å². The maximum Gasteiger partial charge on any atom is 0.325 e. The monoisotopic (exact) mass is 434 g/mol. The van der Waals surface area contributed by atoms with Crippen molar-refractivity contribution in [2.45, 2.75) is 32.7 Å². The van der Waals surface area contributed by atoms with E-state index in [-0.39, 0.29) is 12.3 Å². The smallest absolute Gasteiger partial charge is 0.325 e. The summed E-state index contributed by atoms with van der Waals surface area (Å²) in [5.74, 6) is 1.02. The number of urea groups is 1. The molecule has 1 spiro atoms. The molecule has 32 heavy (non-hydrogen) atoms. The largest absolute Gasteiger partial charge is 0.493 e. The van der Waals surface area contributed by atoms with Crippen LogP contribution in [-0.2, 0) is 10.3 Å². The number of carbonyl (C=O) groups excluding carboxylic acids is 3. The van der Waals surface area contributed by atoms with Crippen molar-refractivity contribution >= 4 is 17.7 Å². The summed E-state index contributed by atoms with van der Waals surface area (Å²) in [6.07, 6.45) is 0.305. The molecule has 3 aromatic rings. The number of Topliss-reactive ketones (excluding diaryl/α,β-unsaturated/α-hetero) is 1. The predicted molar refractivity (Wildman–Crippen MR) is 113 cm³/mol. The molecule has 164 valence electrons. The average Bonchev–Trinajstić information content (AvgIpc) is 3.39. The number of para-hydroxylation sites is 1. The zero-order valence-corrected chi connectivity index (χ0v) is 18.0. The van der Waals surface area contributed by atoms with Crippen LogP contribution >= 0.6 is 0 Å². The Labute approximate surface area is 183 Å². The van der Waals surface area contributed by atoms with Gasteiger partial charge >= 0.3 is 6.03 Å². The van der Waals surface area contributed by atoms with Crippen LogP contribution in [0.3, 0.4) is 0 Å². The number of nitrogens with zero attached hydrogens (tertiary/aromatic N) is 3. The molecule has 9 heteroatoms. The van der Waals surface area contributed by atoms with E-state index < -0.39 is 17.5 Å². The van der Waals surface area contributed by atoms with Crippen molar-refractivity contribution in [1.82, 2.24) is 19.9 Å². The fourth-order valence-corrected chi connectivity index (χ4v) is 4.60. The van der Waals surface area contributed by atoms with E-state index in [1.165, 1.54) is 0 Å². The van der Waals surface area contributed by atoms with Gasteiger partial charge in [0, 0.05) is 35.0 Å². The number of carbonyl (C=O) groups is 3. The molecule has 0 aliphatic carbocycles. The third kappa shape index (κ3) is 2.84. The lowest BCUT2D eigenvalue weighted by atomic mass is 9.84. The van der Waals surface area contributed by atoms with E-state index in [9.17, 15) is 14.4 Å². The number of rotatable bonds is 4. The van der Waals surface area contributed by atoms with E-state index in [1.807, 2.05) is 17.6 Å². The van der Waals surface area contributed by atoms with E-state index in [0.717, 1.165) is 10.6 Å². The maximum atomic E-state index is 13.4. The zero-order chi connectivity index (χ0) is 22.6. The van der Waals surface area contributed by atoms with Gasteiger partial charge in [-0.2, -0.15) is 0 Å². The minimum Gasteiger partial charge on any atom is -0.493 e. The fraction of sp³-hybridized carbons (Fsp3) is 0.304. The van der Waals surface area contributed by atoms with Crippen LogP contribution in [0.4, 0.5) is 4.79 Å². The van der Waals surface area contributed by atoms with Gasteiger partial charge in [-0.1, -0.05) is 23.4 Å². The minimum absolute atomic E-state index is 0.295. The van der Waals surface area contributed by atoms with Gasteiger partial charge < -0.3 is 14.6 Å². The summed E-state index contributed by atoms with van der Waals surface area (Å²) in [6.45, 7) is 5.39. The number of aryl methyl sites for hydroxylation is 2. The molecule has 5 rings (SSSR count). The minimum atomic E-state index is -1.21. The highest BCUT2D eigenvalue weighted by Gasteiger charge is 2.55. The summed E-state index contributed by atoms with van der Waals surface area (Å²) in [4.78, 5) is 40.4. The molecule has 2 aliphatic rings. The van der Waals surface area contributed by atoms with Crippen molar-refractivity contribution in [3.63, 3.8) is 0 Å². The van der Waals surface area contributed by atoms with Gasteiger partial charge in [0.05, 0.1) is 13.2 Å². The molecule has 1 atom stereocenters. The van der Waals surface area contributed by atoms with Crippen molar-refractivity contribution in [2.24, 2.45) is 0 Å². The van der Waals surface area contributed by atoms with Crippen molar-refractivity contribution in [2.75, 3.05) is 13.2 Å². The number of hydrogen-bond acceptors (Lipinski definition) is 6. The number of aromatic nitrogens is 2. The Morgan fingerprint density at radius 2 is 1.97 bits per heavy atom. The van der Waals surface area contributed by atoms with Crippen molar-refractivity contribution < 1.29 is 23.6 Å². The van der Waals surface area contributed by atoms with Crippen LogP contribution in [0, 0.1) is 20.8 Å². The lowest BCUT2D eigenvalue weighted by Crippen LogP contribution is -2.47. The fourth-order valence-electron chi connectivity index (χ4n) is 4.60. The third-order valence-corrected chi connectivity index (χ3v) is 6.14. The quantitative estimate of drug-likeness (QED) is 0.500. The summed E-state index contributed by atoms with van der Waals surface area (Å²) >= 11 is 0. The molecule has 1 N–H and O–H groups in total. The van der Waals surface area contributed by atoms with Gasteiger partial charge in [0.15, 0.2) is 17.1 Å². The summed E-state index contributed by atoms with van der Waals surface area (Å²) in [7, 11) is 0. The molecule has 1 unspecified atom stereocenters. The second kappa shape index (κ2) is 7.08. The van der Waals surface area contributed by atoms with Crippen molar-refractivity contribution in [1.29, 1.82) is 0 Å². The van der Waals surface area contributed by atoms with Crippen molar-refractivity contribution in [3.8, 4) is 11.6 Å². The van der Waals surface area contributed by atoms with E-state index in [1.54, 1.807) is 44.2 Å². The number of hydrogen-bond donors (Lipinski definition) is 1. The molecule has 0 bridgehead atoms. The van der Waals surface area contributed by atoms with E-state index >= 15 is 0 Å². The number of imide groups is 1. The molecule has 4 heterocycles. The lowest BCUT2D eigenvalue weighted by molar-refractivity contribution is -0.132. The van der Waals surface area contributed by atoms with Crippen LogP contribution in [0.1, 0.15) is 39.5 Å². The van der Waals surface area contributed by atoms with E-state index in [2.05, 4.69) is 10.5 Å². The SMILES string of the molecule is Cc1cc(-n2c(C)cc(C(=O)CN3C(=O)NC4(CCOc5ccccc54)C3=O)c2C)no1. The molecule has 9 nitrogen and oxygen atoms in total. The molecule has 1 fully saturated rings. The van der Waals surface area contributed by atoms with Gasteiger partial charge in [0.2, 0.25) is 0 Å². The Morgan fingerprint density at radius 3 is 2.72 bits per heavy atom. The first kappa shape index (κ1) is 20.0. The highest BCUT2D eigenvalue weighted by molar-refractivity contribution is 6.12. The summed E-state index contributed by atoms with van der Waals surface area (Å²) in [5, 5.41) is 6.84. The van der Waals surface area contributed by atoms with Gasteiger partial charge in [0.1, 0.15) is 11.5 Å². The van der Waals surface area contributed by atoms with Crippen LogP contribution in [0.25, 0.3) is 5.82 Å². The Balaban J connectivity index is 1.44. The van der Waals surface area contributed by atoms with Gasteiger partial charge in [0.25, 0.3) is 5.91 Å². The van der Waals surface area contributed by atoms with Crippen LogP contribution in [0.2, 0.25) is 0 Å². The zero-order valence-electron chi connectivity index (χ0n) is 18.0. The third-order valence-electron chi connectivity index (χ3n) is 6.14. The Morgan fingerprint density at radius 1 is 1.19 bits per heavy atom. The number of benzene rings is 1. The number of ketones is 1. The van der Waals surface area contributed by atoms with Gasteiger partial charge in [-0.3, -0.25) is 19.1 Å². The van der Waals surface area contributed by atoms with Gasteiger partial charge in [-0.05, 0) is 32.9 Å². The van der Waals surface area contributed by atoms with E-state index in [4.69, 9.17) is 9.26 Å². The second-order valence-corrected chi connectivity index (χ2v) is 8.16. The maximum absolute atomic E-state index is 13.4. The average molecular weight is 434 g/mol. The van der Waals surface area contributed by atoms with Crippen LogP contribution in [0.15, 0.2) is 40.9 Å². The normalized spacial score (nSPS) is 19.8. The topological polar surface area (TPSA) is 107 Å². The standard InChI is InChI=1S/C23H22N4O5/c1-13-10-16(15(3)27(13)20-11-14(2)32-25-20)18(28)12-26-21(29)23(24-22(26)30)8-9-31-19-7-5-4-6-17(19)23/h4-7,10-11H,8-9,12H2,1-3H3,(H,24,30). The van der Waals surface area contributed by atoms with Crippen LogP contribution < -0.4 is 10.1 Å². The van der Waals surface area contributed by atoms with Gasteiger partial charge in [-0.25, -0.2) is 4.79 Å². The highest BCUT2D eigenvalue weighted by Crippen LogP contribution is 2.41. The predicted octanol–water partition coefficient (Wildman–Crippen LogP) is 2.80. The molecule has 1 aromatic carbocycles. The molecule has 3 amide bonds. The molecule has 0 saturated carbocycles. The van der Waals surface area contributed by atoms with Crippen molar-refractivity contribution in [3.05, 3.63) is 64.7 Å². The summed E-state index contributed by atoms with van der Waals surface area (Å²) < 4.78 is 12.6. The molecule has 2 aliphatic heterocycles. The highest BCUT2D eigenvalue weighted by atomic mass is 16.5. The Bertz CT molecular complexity index is 1270. The van der Waals surface area contributed by atoms with Crippen LogP contribution in [-0.4, -0.2) is 45.5 Å². The Hall–Kier alpha value is -3.88. The van der Waals surface area contributed by atoms with E-state index in [0.29, 0.717) is 47.2 Å². The number of nitrogens with one attached hydrogen (secondary N) is 1. The molecular weight excluding hydrogens is 412 g/mol. The van der Waals surface area contributed by atoms with Crippen LogP contribution in [0.5, 0.6) is 5.75 Å². The lowest BCUT2D eigenvalue weighted by Gasteiger charge is -2.33. The molecule has 1 saturated heterocycles. The molecule has 0 radical (unpaired) electrons. The Kier molecular flexibility index (Phi) is 4.44. The first-order valence-electron chi connectivity index (χ1n) is 10.3. The molecule has 2 aromatic heterocycles.